The first-order valence-corrected chi connectivity index (χ1v) is 17.3. The number of rotatable bonds is 7. The molecule has 2 aliphatic heterocycles. The van der Waals surface area contributed by atoms with Crippen LogP contribution in [-0.4, -0.2) is 70.2 Å². The van der Waals surface area contributed by atoms with E-state index in [1.165, 1.54) is 12.3 Å². The number of aromatic nitrogens is 3. The lowest BCUT2D eigenvalue weighted by atomic mass is 9.94. The van der Waals surface area contributed by atoms with Crippen molar-refractivity contribution in [2.75, 3.05) is 36.4 Å². The van der Waals surface area contributed by atoms with Gasteiger partial charge >= 0.3 is 6.36 Å². The lowest BCUT2D eigenvalue weighted by Crippen LogP contribution is -2.56. The van der Waals surface area contributed by atoms with E-state index in [0.29, 0.717) is 42.6 Å². The van der Waals surface area contributed by atoms with Gasteiger partial charge in [-0.1, -0.05) is 63.6 Å². The molecule has 0 aliphatic carbocycles. The lowest BCUT2D eigenvalue weighted by molar-refractivity contribution is -0.274. The van der Waals surface area contributed by atoms with Crippen molar-refractivity contribution < 1.29 is 27.5 Å². The Hall–Kier alpha value is -4.62. The molecule has 4 heterocycles. The number of hydrogen-bond donors (Lipinski definition) is 3. The summed E-state index contributed by atoms with van der Waals surface area (Å²) in [4.78, 5) is 42.3. The van der Waals surface area contributed by atoms with E-state index in [1.807, 2.05) is 38.8 Å². The van der Waals surface area contributed by atoms with Gasteiger partial charge in [-0.25, -0.2) is 9.97 Å². The highest BCUT2D eigenvalue weighted by Gasteiger charge is 2.34. The van der Waals surface area contributed by atoms with Crippen molar-refractivity contribution in [1.82, 2.24) is 25.2 Å². The lowest BCUT2D eigenvalue weighted by Gasteiger charge is -2.42. The van der Waals surface area contributed by atoms with Gasteiger partial charge in [0.2, 0.25) is 5.91 Å². The van der Waals surface area contributed by atoms with E-state index in [2.05, 4.69) is 37.2 Å². The second-order valence-corrected chi connectivity index (χ2v) is 14.7. The first-order chi connectivity index (χ1) is 24.1. The van der Waals surface area contributed by atoms with Gasteiger partial charge in [0.25, 0.3) is 5.91 Å². The highest BCUT2D eigenvalue weighted by atomic mass is 35.5. The quantitative estimate of drug-likeness (QED) is 0.179. The molecule has 6 rings (SSSR count). The number of nitrogens with one attached hydrogen (secondary N) is 3. The normalized spacial score (nSPS) is 19.7. The van der Waals surface area contributed by atoms with E-state index in [4.69, 9.17) is 16.6 Å². The number of H-pyrrole nitrogens is 1. The maximum atomic E-state index is 13.6. The molecule has 2 aromatic heterocycles. The minimum Gasteiger partial charge on any atom is -0.405 e. The zero-order valence-corrected chi connectivity index (χ0v) is 29.8. The summed E-state index contributed by atoms with van der Waals surface area (Å²) in [7, 11) is 0. The van der Waals surface area contributed by atoms with Crippen LogP contribution in [0.1, 0.15) is 63.3 Å². The minimum atomic E-state index is -5.00. The van der Waals surface area contributed by atoms with Gasteiger partial charge in [-0.2, -0.15) is 0 Å². The molecule has 0 saturated carbocycles. The number of carbonyl (C=O) groups is 2. The number of pyridine rings is 1. The number of piperazine rings is 1. The molecule has 0 unspecified atom stereocenters. The van der Waals surface area contributed by atoms with Crippen LogP contribution in [0.2, 0.25) is 5.02 Å². The van der Waals surface area contributed by atoms with E-state index in [-0.39, 0.29) is 39.8 Å². The molecule has 3 atom stereocenters. The van der Waals surface area contributed by atoms with Crippen LogP contribution >= 0.6 is 11.6 Å². The molecule has 2 fully saturated rings. The van der Waals surface area contributed by atoms with Crippen LogP contribution < -0.4 is 20.3 Å². The van der Waals surface area contributed by atoms with Crippen LogP contribution in [-0.2, 0) is 4.79 Å². The van der Waals surface area contributed by atoms with Gasteiger partial charge < -0.3 is 30.2 Å². The van der Waals surface area contributed by atoms with Crippen molar-refractivity contribution in [3.8, 4) is 28.1 Å². The molecule has 51 heavy (non-hydrogen) atoms. The van der Waals surface area contributed by atoms with Crippen LogP contribution in [0.5, 0.6) is 5.75 Å². The molecular weight excluding hydrogens is 683 g/mol. The summed E-state index contributed by atoms with van der Waals surface area (Å²) < 4.78 is 45.1. The van der Waals surface area contributed by atoms with Crippen LogP contribution in [0.3, 0.4) is 0 Å². The summed E-state index contributed by atoms with van der Waals surface area (Å²) in [5.41, 5.74) is 1.68. The Kier molecular flexibility index (Phi) is 10.1. The summed E-state index contributed by atoms with van der Waals surface area (Å²) in [5, 5.41) is 6.06. The number of carbonyl (C=O) groups excluding carboxylic acids is 2. The average Bonchev–Trinajstić information content (AvgIpc) is 3.74. The van der Waals surface area contributed by atoms with E-state index >= 15 is 0 Å². The summed E-state index contributed by atoms with van der Waals surface area (Å²) in [6.07, 6.45) is -0.810. The summed E-state index contributed by atoms with van der Waals surface area (Å²) in [6, 6.07) is 12.7. The minimum absolute atomic E-state index is 0.000821. The monoisotopic (exact) mass is 723 g/mol. The largest absolute Gasteiger partial charge is 0.573 e. The first kappa shape index (κ1) is 36.2. The predicted molar refractivity (Wildman–Crippen MR) is 191 cm³/mol. The fourth-order valence-corrected chi connectivity index (χ4v) is 6.74. The SMILES string of the molecule is C[C@@H]1CN[C@H](c2nc(-c3ccc(-c4cc(Cl)c(NC(=O)c5ccc(N6CCN(C(=O)C(C)(C)C)C[C@H]6C)nc5)cc4OC(F)(F)F)cc3)c[nH]2)C1. The zero-order chi connectivity index (χ0) is 36.7. The van der Waals surface area contributed by atoms with Crippen molar-refractivity contribution in [3.05, 3.63) is 77.3 Å². The third-order valence-corrected chi connectivity index (χ3v) is 9.49. The van der Waals surface area contributed by atoms with Gasteiger partial charge in [-0.15, -0.1) is 13.2 Å². The predicted octanol–water partition coefficient (Wildman–Crippen LogP) is 7.70. The van der Waals surface area contributed by atoms with Crippen molar-refractivity contribution in [3.63, 3.8) is 0 Å². The summed E-state index contributed by atoms with van der Waals surface area (Å²) >= 11 is 6.54. The Labute approximate surface area is 299 Å². The number of anilines is 2. The number of aromatic amines is 1. The molecule has 4 aromatic rings. The number of nitrogens with zero attached hydrogens (tertiary/aromatic N) is 4. The highest BCUT2D eigenvalue weighted by molar-refractivity contribution is 6.34. The van der Waals surface area contributed by atoms with Crippen LogP contribution in [0.4, 0.5) is 24.7 Å². The van der Waals surface area contributed by atoms with Gasteiger partial charge in [0.15, 0.2) is 0 Å². The van der Waals surface area contributed by atoms with Crippen molar-refractivity contribution >= 4 is 34.9 Å². The number of alkyl halides is 3. The van der Waals surface area contributed by atoms with Crippen molar-refractivity contribution in [2.24, 2.45) is 11.3 Å². The third kappa shape index (κ3) is 8.31. The van der Waals surface area contributed by atoms with E-state index in [1.54, 1.807) is 36.4 Å². The zero-order valence-electron chi connectivity index (χ0n) is 29.1. The van der Waals surface area contributed by atoms with Gasteiger partial charge in [0, 0.05) is 60.7 Å². The molecule has 270 valence electrons. The highest BCUT2D eigenvalue weighted by Crippen LogP contribution is 2.41. The van der Waals surface area contributed by atoms with Crippen molar-refractivity contribution in [2.45, 2.75) is 59.5 Å². The van der Waals surface area contributed by atoms with Gasteiger partial charge in [-0.05, 0) is 49.6 Å². The number of benzene rings is 2. The summed E-state index contributed by atoms with van der Waals surface area (Å²) in [6.45, 7) is 12.5. The number of halogens is 4. The maximum Gasteiger partial charge on any atom is 0.573 e. The van der Waals surface area contributed by atoms with Crippen LogP contribution in [0, 0.1) is 11.3 Å². The Morgan fingerprint density at radius 1 is 1.02 bits per heavy atom. The van der Waals surface area contributed by atoms with E-state index < -0.39 is 23.4 Å². The Morgan fingerprint density at radius 2 is 1.75 bits per heavy atom. The van der Waals surface area contributed by atoms with Crippen LogP contribution in [0.15, 0.2) is 60.9 Å². The second kappa shape index (κ2) is 14.2. The second-order valence-electron chi connectivity index (χ2n) is 14.3. The van der Waals surface area contributed by atoms with Gasteiger partial charge in [0.1, 0.15) is 17.4 Å². The average molecular weight is 724 g/mol. The third-order valence-electron chi connectivity index (χ3n) is 9.17. The molecule has 3 N–H and O–H groups in total. The summed E-state index contributed by atoms with van der Waals surface area (Å²) in [5.74, 6) is 0.998. The molecular formula is C37H41ClF3N7O3. The topological polar surface area (TPSA) is 115 Å². The molecule has 0 bridgehead atoms. The standard InChI is InChI=1S/C37H41ClF3N7O3/c1-21-14-29(42-17-21)33-44-19-30(45-33)24-8-6-23(7-9-24)26-15-27(38)28(16-31(26)51-37(39,40)41)46-34(49)25-10-11-32(43-18-25)48-13-12-47(20-22(48)2)35(50)36(3,4)5/h6-11,15-16,18-19,21-22,29,42H,12-14,17,20H2,1-5H3,(H,44,45)(H,46,49)/t21-,22+,29-/m0/s1. The molecule has 0 spiro atoms. The number of amides is 2. The van der Waals surface area contributed by atoms with E-state index in [0.717, 1.165) is 30.4 Å². The van der Waals surface area contributed by atoms with Gasteiger partial charge in [0.05, 0.1) is 28.0 Å². The molecule has 14 heteroatoms. The Morgan fingerprint density at radius 3 is 2.35 bits per heavy atom. The number of imidazole rings is 1. The fourth-order valence-electron chi connectivity index (χ4n) is 6.53. The molecule has 0 radical (unpaired) electrons. The van der Waals surface area contributed by atoms with Crippen molar-refractivity contribution in [1.29, 1.82) is 0 Å². The van der Waals surface area contributed by atoms with Gasteiger partial charge in [-0.3, -0.25) is 9.59 Å². The number of ether oxygens (including phenoxy) is 1. The molecule has 2 amide bonds. The molecule has 2 aromatic carbocycles. The first-order valence-electron chi connectivity index (χ1n) is 16.9. The van der Waals surface area contributed by atoms with E-state index in [9.17, 15) is 22.8 Å². The Balaban J connectivity index is 1.17. The Bertz CT molecular complexity index is 1890. The fraction of sp³-hybridized carbons (Fsp3) is 0.405. The number of hydrogen-bond acceptors (Lipinski definition) is 7. The maximum absolute atomic E-state index is 13.6. The molecule has 2 saturated heterocycles. The molecule has 2 aliphatic rings. The molecule has 10 nitrogen and oxygen atoms in total. The van der Waals surface area contributed by atoms with Crippen LogP contribution in [0.25, 0.3) is 22.4 Å². The smallest absolute Gasteiger partial charge is 0.405 e.